The maximum Gasteiger partial charge on any atom is 0.123 e. The van der Waals surface area contributed by atoms with E-state index in [1.807, 2.05) is 6.07 Å². The predicted molar refractivity (Wildman–Crippen MR) is 69.4 cm³/mol. The van der Waals surface area contributed by atoms with Crippen LogP contribution in [0.15, 0.2) is 23.8 Å². The molecule has 1 aromatic rings. The first kappa shape index (κ1) is 11.0. The van der Waals surface area contributed by atoms with Gasteiger partial charge >= 0.3 is 0 Å². The van der Waals surface area contributed by atoms with Gasteiger partial charge in [-0.25, -0.2) is 4.39 Å². The van der Waals surface area contributed by atoms with Crippen molar-refractivity contribution in [2.45, 2.75) is 45.4 Å². The number of rotatable bonds is 0. The van der Waals surface area contributed by atoms with Crippen molar-refractivity contribution in [1.29, 1.82) is 0 Å². The average molecular weight is 230 g/mol. The second kappa shape index (κ2) is 3.44. The molecule has 0 nitrogen and oxygen atoms in total. The molecule has 17 heavy (non-hydrogen) atoms. The molecule has 2 aliphatic rings. The summed E-state index contributed by atoms with van der Waals surface area (Å²) in [6.45, 7) is 6.80. The Kier molecular flexibility index (Phi) is 2.23. The van der Waals surface area contributed by atoms with Gasteiger partial charge < -0.3 is 0 Å². The predicted octanol–water partition coefficient (Wildman–Crippen LogP) is 4.69. The minimum Gasteiger partial charge on any atom is -0.207 e. The van der Waals surface area contributed by atoms with E-state index in [2.05, 4.69) is 20.8 Å². The number of hydrogen-bond acceptors (Lipinski definition) is 0. The van der Waals surface area contributed by atoms with Gasteiger partial charge in [0.2, 0.25) is 0 Å². The fraction of sp³-hybridized carbons (Fsp3) is 0.500. The topological polar surface area (TPSA) is 0 Å². The molecule has 0 bridgehead atoms. The lowest BCUT2D eigenvalue weighted by Crippen LogP contribution is -2.19. The Morgan fingerprint density at radius 1 is 1.29 bits per heavy atom. The molecule has 0 heterocycles. The molecule has 3 rings (SSSR count). The van der Waals surface area contributed by atoms with E-state index in [1.54, 1.807) is 17.7 Å². The first-order valence-corrected chi connectivity index (χ1v) is 6.53. The highest BCUT2D eigenvalue weighted by Crippen LogP contribution is 2.52. The van der Waals surface area contributed by atoms with Crippen molar-refractivity contribution in [2.75, 3.05) is 0 Å². The van der Waals surface area contributed by atoms with Crippen molar-refractivity contribution in [3.8, 4) is 0 Å². The van der Waals surface area contributed by atoms with Crippen LogP contribution in [0.25, 0.3) is 5.57 Å². The van der Waals surface area contributed by atoms with Crippen molar-refractivity contribution >= 4 is 5.57 Å². The van der Waals surface area contributed by atoms with E-state index in [-0.39, 0.29) is 11.2 Å². The van der Waals surface area contributed by atoms with E-state index in [9.17, 15) is 4.39 Å². The van der Waals surface area contributed by atoms with Crippen molar-refractivity contribution in [1.82, 2.24) is 0 Å². The molecular formula is C16H19F. The van der Waals surface area contributed by atoms with Crippen molar-refractivity contribution < 1.29 is 4.39 Å². The van der Waals surface area contributed by atoms with Crippen LogP contribution in [0.4, 0.5) is 4.39 Å². The monoisotopic (exact) mass is 230 g/mol. The fourth-order valence-electron chi connectivity index (χ4n) is 3.54. The van der Waals surface area contributed by atoms with Crippen LogP contribution in [0.5, 0.6) is 0 Å². The summed E-state index contributed by atoms with van der Waals surface area (Å²) in [5, 5.41) is 0. The molecule has 0 saturated carbocycles. The standard InChI is InChI=1S/C16H19F/c1-10-4-7-14-13(8-10)12-6-5-11(17)9-15(12)16(14,2)3/h5-6,9-10H,4,7-8H2,1-3H3. The number of allylic oxidation sites excluding steroid dienone is 2. The molecule has 0 radical (unpaired) electrons. The summed E-state index contributed by atoms with van der Waals surface area (Å²) < 4.78 is 13.4. The maximum absolute atomic E-state index is 13.4. The van der Waals surface area contributed by atoms with Crippen molar-refractivity contribution in [2.24, 2.45) is 5.92 Å². The van der Waals surface area contributed by atoms with Crippen LogP contribution in [0, 0.1) is 11.7 Å². The van der Waals surface area contributed by atoms with Gasteiger partial charge in [0.1, 0.15) is 5.82 Å². The molecule has 0 aliphatic heterocycles. The van der Waals surface area contributed by atoms with Crippen LogP contribution in [0.3, 0.4) is 0 Å². The lowest BCUT2D eigenvalue weighted by atomic mass is 9.76. The number of hydrogen-bond donors (Lipinski definition) is 0. The van der Waals surface area contributed by atoms with Gasteiger partial charge in [0.25, 0.3) is 0 Å². The zero-order valence-electron chi connectivity index (χ0n) is 10.8. The molecule has 0 N–H and O–H groups in total. The van der Waals surface area contributed by atoms with Crippen LogP contribution in [0.2, 0.25) is 0 Å². The second-order valence-electron chi connectivity index (χ2n) is 6.12. The third-order valence-corrected chi connectivity index (χ3v) is 4.54. The highest BCUT2D eigenvalue weighted by Gasteiger charge is 2.39. The van der Waals surface area contributed by atoms with Gasteiger partial charge in [0.15, 0.2) is 0 Å². The van der Waals surface area contributed by atoms with Crippen molar-refractivity contribution in [3.63, 3.8) is 0 Å². The van der Waals surface area contributed by atoms with E-state index >= 15 is 0 Å². The third kappa shape index (κ3) is 1.48. The minimum atomic E-state index is -0.107. The van der Waals surface area contributed by atoms with Crippen LogP contribution >= 0.6 is 0 Å². The number of fused-ring (bicyclic) bond motifs is 2. The summed E-state index contributed by atoms with van der Waals surface area (Å²) in [5.74, 6) is 0.658. The Labute approximate surface area is 103 Å². The number of halogens is 1. The molecule has 90 valence electrons. The van der Waals surface area contributed by atoms with Crippen LogP contribution in [-0.4, -0.2) is 0 Å². The van der Waals surface area contributed by atoms with Gasteiger partial charge in [0, 0.05) is 5.41 Å². The number of benzene rings is 1. The molecular weight excluding hydrogens is 211 g/mol. The lowest BCUT2D eigenvalue weighted by Gasteiger charge is -2.28. The normalized spacial score (nSPS) is 25.8. The van der Waals surface area contributed by atoms with Crippen LogP contribution in [-0.2, 0) is 5.41 Å². The Morgan fingerprint density at radius 2 is 2.06 bits per heavy atom. The van der Waals surface area contributed by atoms with Gasteiger partial charge in [-0.3, -0.25) is 0 Å². The minimum absolute atomic E-state index is 0.0346. The van der Waals surface area contributed by atoms with E-state index < -0.39 is 0 Å². The molecule has 0 fully saturated rings. The molecule has 0 aromatic heterocycles. The molecule has 0 amide bonds. The zero-order chi connectivity index (χ0) is 12.2. The molecule has 1 aromatic carbocycles. The maximum atomic E-state index is 13.4. The van der Waals surface area contributed by atoms with Gasteiger partial charge in [-0.2, -0.15) is 0 Å². The summed E-state index contributed by atoms with van der Waals surface area (Å²) in [5.41, 5.74) is 5.59. The third-order valence-electron chi connectivity index (χ3n) is 4.54. The highest BCUT2D eigenvalue weighted by molar-refractivity contribution is 5.80. The summed E-state index contributed by atoms with van der Waals surface area (Å²) in [7, 11) is 0. The second-order valence-corrected chi connectivity index (χ2v) is 6.12. The van der Waals surface area contributed by atoms with Gasteiger partial charge in [0.05, 0.1) is 0 Å². The first-order valence-electron chi connectivity index (χ1n) is 6.53. The summed E-state index contributed by atoms with van der Waals surface area (Å²) >= 11 is 0. The molecule has 0 spiro atoms. The van der Waals surface area contributed by atoms with Crippen LogP contribution < -0.4 is 0 Å². The molecule has 0 saturated heterocycles. The Balaban J connectivity index is 2.20. The van der Waals surface area contributed by atoms with Crippen molar-refractivity contribution in [3.05, 3.63) is 40.7 Å². The van der Waals surface area contributed by atoms with Crippen LogP contribution in [0.1, 0.15) is 51.2 Å². The SMILES string of the molecule is CC1CCC2=C(C1)c1ccc(F)cc1C2(C)C. The quantitative estimate of drug-likeness (QED) is 0.606. The first-order chi connectivity index (χ1) is 8.00. The largest absolute Gasteiger partial charge is 0.207 e. The summed E-state index contributed by atoms with van der Waals surface area (Å²) in [6.07, 6.45) is 3.62. The zero-order valence-corrected chi connectivity index (χ0v) is 10.8. The Bertz CT molecular complexity index is 508. The fourth-order valence-corrected chi connectivity index (χ4v) is 3.54. The van der Waals surface area contributed by atoms with Gasteiger partial charge in [-0.05, 0) is 54.0 Å². The molecule has 1 atom stereocenters. The molecule has 2 aliphatic carbocycles. The molecule has 1 heteroatoms. The van der Waals surface area contributed by atoms with E-state index in [1.165, 1.54) is 29.5 Å². The summed E-state index contributed by atoms with van der Waals surface area (Å²) in [6, 6.07) is 5.31. The smallest absolute Gasteiger partial charge is 0.123 e. The van der Waals surface area contributed by atoms with E-state index in [4.69, 9.17) is 0 Å². The van der Waals surface area contributed by atoms with E-state index in [0.717, 1.165) is 12.3 Å². The van der Waals surface area contributed by atoms with Gasteiger partial charge in [-0.15, -0.1) is 0 Å². The lowest BCUT2D eigenvalue weighted by molar-refractivity contribution is 0.488. The molecule has 1 unspecified atom stereocenters. The van der Waals surface area contributed by atoms with Gasteiger partial charge in [-0.1, -0.05) is 32.4 Å². The Morgan fingerprint density at radius 3 is 2.82 bits per heavy atom. The average Bonchev–Trinajstić information content (AvgIpc) is 2.48. The summed E-state index contributed by atoms with van der Waals surface area (Å²) in [4.78, 5) is 0. The highest BCUT2D eigenvalue weighted by atomic mass is 19.1. The van der Waals surface area contributed by atoms with E-state index in [0.29, 0.717) is 0 Å². The Hall–Kier alpha value is -1.11.